The predicted molar refractivity (Wildman–Crippen MR) is 104 cm³/mol. The summed E-state index contributed by atoms with van der Waals surface area (Å²) in [5.74, 6) is 0.728. The van der Waals surface area contributed by atoms with Gasteiger partial charge in [-0.15, -0.1) is 11.3 Å². The number of aromatic nitrogens is 1. The van der Waals surface area contributed by atoms with Crippen LogP contribution in [0, 0.1) is 10.1 Å². The van der Waals surface area contributed by atoms with Crippen molar-refractivity contribution in [3.8, 4) is 11.5 Å². The minimum absolute atomic E-state index is 0.0169. The normalized spacial score (nSPS) is 11.6. The summed E-state index contributed by atoms with van der Waals surface area (Å²) in [6, 6.07) is 20.2. The number of para-hydroxylation sites is 2. The lowest BCUT2D eigenvalue weighted by Crippen LogP contribution is -2.16. The highest BCUT2D eigenvalue weighted by molar-refractivity contribution is 7.07. The molecule has 7 heteroatoms. The van der Waals surface area contributed by atoms with Gasteiger partial charge in [-0.3, -0.25) is 10.1 Å². The maximum absolute atomic E-state index is 11.3. The maximum atomic E-state index is 11.3. The maximum Gasteiger partial charge on any atom is 0.294 e. The van der Waals surface area contributed by atoms with Crippen LogP contribution >= 0.6 is 11.3 Å². The Morgan fingerprint density at radius 3 is 2.56 bits per heavy atom. The lowest BCUT2D eigenvalue weighted by molar-refractivity contribution is -0.384. The van der Waals surface area contributed by atoms with Crippen LogP contribution in [0.5, 0.6) is 0 Å². The van der Waals surface area contributed by atoms with Crippen LogP contribution in [0.4, 0.5) is 11.4 Å². The molecule has 0 bridgehead atoms. The molecule has 0 aliphatic carbocycles. The Hall–Kier alpha value is -3.45. The van der Waals surface area contributed by atoms with Gasteiger partial charge in [0.2, 0.25) is 0 Å². The first-order valence-electron chi connectivity index (χ1n) is 8.26. The molecule has 0 saturated carbocycles. The second-order valence-electron chi connectivity index (χ2n) is 5.81. The average Bonchev–Trinajstić information content (AvgIpc) is 3.33. The van der Waals surface area contributed by atoms with Crippen LogP contribution in [0.1, 0.15) is 5.56 Å². The fourth-order valence-corrected chi connectivity index (χ4v) is 3.68. The molecule has 0 N–H and O–H groups in total. The van der Waals surface area contributed by atoms with Gasteiger partial charge in [0.1, 0.15) is 5.69 Å². The SMILES string of the molecule is O=[N+]([O-])c1ccccc1N=c1scc(-c2ccco2)n1Cc1ccccc1. The van der Waals surface area contributed by atoms with Gasteiger partial charge in [0.05, 0.1) is 23.4 Å². The van der Waals surface area contributed by atoms with E-state index in [0.29, 0.717) is 17.0 Å². The third kappa shape index (κ3) is 3.58. The van der Waals surface area contributed by atoms with Crippen molar-refractivity contribution in [2.45, 2.75) is 6.54 Å². The third-order valence-electron chi connectivity index (χ3n) is 4.05. The molecular weight excluding hydrogens is 362 g/mol. The van der Waals surface area contributed by atoms with Crippen molar-refractivity contribution >= 4 is 22.7 Å². The second-order valence-corrected chi connectivity index (χ2v) is 6.65. The molecule has 27 heavy (non-hydrogen) atoms. The molecular formula is C20H15N3O3S. The van der Waals surface area contributed by atoms with Gasteiger partial charge in [0, 0.05) is 11.4 Å². The van der Waals surface area contributed by atoms with Crippen LogP contribution < -0.4 is 4.80 Å². The Kier molecular flexibility index (Phi) is 4.67. The Morgan fingerprint density at radius 1 is 1.04 bits per heavy atom. The minimum Gasteiger partial charge on any atom is -0.463 e. The van der Waals surface area contributed by atoms with Crippen molar-refractivity contribution < 1.29 is 9.34 Å². The van der Waals surface area contributed by atoms with Crippen molar-refractivity contribution in [3.63, 3.8) is 0 Å². The topological polar surface area (TPSA) is 73.6 Å². The average molecular weight is 377 g/mol. The molecule has 2 aromatic heterocycles. The highest BCUT2D eigenvalue weighted by atomic mass is 32.1. The molecule has 6 nitrogen and oxygen atoms in total. The van der Waals surface area contributed by atoms with Crippen molar-refractivity contribution in [3.05, 3.63) is 98.9 Å². The van der Waals surface area contributed by atoms with E-state index in [1.165, 1.54) is 17.4 Å². The van der Waals surface area contributed by atoms with E-state index in [1.54, 1.807) is 24.5 Å². The van der Waals surface area contributed by atoms with Crippen LogP contribution in [-0.2, 0) is 6.54 Å². The van der Waals surface area contributed by atoms with E-state index in [4.69, 9.17) is 4.42 Å². The molecule has 0 saturated heterocycles. The molecule has 0 fully saturated rings. The summed E-state index contributed by atoms with van der Waals surface area (Å²) < 4.78 is 7.57. The molecule has 2 aromatic carbocycles. The molecule has 0 radical (unpaired) electrons. The summed E-state index contributed by atoms with van der Waals surface area (Å²) in [4.78, 5) is 16.1. The number of rotatable bonds is 5. The highest BCUT2D eigenvalue weighted by Gasteiger charge is 2.14. The van der Waals surface area contributed by atoms with Gasteiger partial charge in [-0.05, 0) is 23.8 Å². The standard InChI is InChI=1S/C20H15N3O3S/c24-23(25)17-10-5-4-9-16(17)21-20-22(13-15-7-2-1-3-8-15)18(14-27-20)19-11-6-12-26-19/h1-12,14H,13H2. The number of nitrogens with zero attached hydrogens (tertiary/aromatic N) is 3. The van der Waals surface area contributed by atoms with Crippen molar-refractivity contribution in [2.24, 2.45) is 4.99 Å². The summed E-state index contributed by atoms with van der Waals surface area (Å²) in [6.45, 7) is 0.583. The minimum atomic E-state index is -0.415. The number of benzene rings is 2. The first kappa shape index (κ1) is 17.0. The largest absolute Gasteiger partial charge is 0.463 e. The zero-order chi connectivity index (χ0) is 18.6. The molecule has 0 amide bonds. The quantitative estimate of drug-likeness (QED) is 0.363. The van der Waals surface area contributed by atoms with Crippen LogP contribution in [0.15, 0.2) is 87.8 Å². The molecule has 134 valence electrons. The molecule has 4 aromatic rings. The Morgan fingerprint density at radius 2 is 1.81 bits per heavy atom. The summed E-state index contributed by atoms with van der Waals surface area (Å²) in [5.41, 5.74) is 2.30. The van der Waals surface area contributed by atoms with E-state index < -0.39 is 4.92 Å². The van der Waals surface area contributed by atoms with E-state index in [-0.39, 0.29) is 5.69 Å². The molecule has 0 unspecified atom stereocenters. The van der Waals surface area contributed by atoms with Gasteiger partial charge >= 0.3 is 0 Å². The first-order valence-corrected chi connectivity index (χ1v) is 9.14. The van der Waals surface area contributed by atoms with Gasteiger partial charge in [-0.1, -0.05) is 42.5 Å². The fourth-order valence-electron chi connectivity index (χ4n) is 2.78. The molecule has 4 rings (SSSR count). The van der Waals surface area contributed by atoms with E-state index in [2.05, 4.69) is 4.99 Å². The second kappa shape index (κ2) is 7.43. The molecule has 2 heterocycles. The van der Waals surface area contributed by atoms with E-state index in [1.807, 2.05) is 52.4 Å². The molecule has 0 aliphatic heterocycles. The van der Waals surface area contributed by atoms with Gasteiger partial charge in [0.25, 0.3) is 5.69 Å². The number of nitro benzene ring substituents is 1. The summed E-state index contributed by atoms with van der Waals surface area (Å²) >= 11 is 1.42. The highest BCUT2D eigenvalue weighted by Crippen LogP contribution is 2.27. The van der Waals surface area contributed by atoms with Crippen LogP contribution in [0.2, 0.25) is 0 Å². The fraction of sp³-hybridized carbons (Fsp3) is 0.0500. The number of hydrogen-bond acceptors (Lipinski definition) is 5. The van der Waals surface area contributed by atoms with Crippen LogP contribution in [0.3, 0.4) is 0 Å². The van der Waals surface area contributed by atoms with Gasteiger partial charge in [-0.25, -0.2) is 4.99 Å². The zero-order valence-electron chi connectivity index (χ0n) is 14.2. The first-order chi connectivity index (χ1) is 13.2. The molecule has 0 atom stereocenters. The number of thiazole rings is 1. The number of hydrogen-bond donors (Lipinski definition) is 0. The Balaban J connectivity index is 1.88. The van der Waals surface area contributed by atoms with Gasteiger partial charge in [0.15, 0.2) is 10.6 Å². The zero-order valence-corrected chi connectivity index (χ0v) is 15.0. The van der Waals surface area contributed by atoms with Crippen LogP contribution in [0.25, 0.3) is 11.5 Å². The lowest BCUT2D eigenvalue weighted by atomic mass is 10.2. The number of furan rings is 1. The van der Waals surface area contributed by atoms with E-state index >= 15 is 0 Å². The molecule has 0 aliphatic rings. The monoisotopic (exact) mass is 377 g/mol. The molecule has 0 spiro atoms. The van der Waals surface area contributed by atoms with Crippen molar-refractivity contribution in [2.75, 3.05) is 0 Å². The lowest BCUT2D eigenvalue weighted by Gasteiger charge is -2.07. The van der Waals surface area contributed by atoms with Gasteiger partial charge in [-0.2, -0.15) is 0 Å². The van der Waals surface area contributed by atoms with E-state index in [9.17, 15) is 10.1 Å². The van der Waals surface area contributed by atoms with Crippen molar-refractivity contribution in [1.82, 2.24) is 4.57 Å². The third-order valence-corrected chi connectivity index (χ3v) is 4.91. The summed E-state index contributed by atoms with van der Waals surface area (Å²) in [7, 11) is 0. The Bertz CT molecular complexity index is 1130. The van der Waals surface area contributed by atoms with Gasteiger partial charge < -0.3 is 8.98 Å². The summed E-state index contributed by atoms with van der Waals surface area (Å²) in [6.07, 6.45) is 1.62. The number of nitro groups is 1. The van der Waals surface area contributed by atoms with Crippen molar-refractivity contribution in [1.29, 1.82) is 0 Å². The Labute approximate surface area is 158 Å². The van der Waals surface area contributed by atoms with Crippen LogP contribution in [-0.4, -0.2) is 9.49 Å². The predicted octanol–water partition coefficient (Wildman–Crippen LogP) is 5.00. The van der Waals surface area contributed by atoms with E-state index in [0.717, 1.165) is 17.0 Å². The summed E-state index contributed by atoms with van der Waals surface area (Å²) in [5, 5.41) is 13.3. The smallest absolute Gasteiger partial charge is 0.294 e.